The number of nitrogens with zero attached hydrogens (tertiary/aromatic N) is 6. The van der Waals surface area contributed by atoms with Crippen LogP contribution in [0.15, 0.2) is 0 Å². The molecule has 0 bridgehead atoms. The average molecular weight is 1060 g/mol. The van der Waals surface area contributed by atoms with Gasteiger partial charge in [0.05, 0.1) is 12.6 Å². The first-order chi connectivity index (χ1) is 34.5. The highest BCUT2D eigenvalue weighted by molar-refractivity contribution is 5.98. The van der Waals surface area contributed by atoms with Crippen LogP contribution in [0.25, 0.3) is 0 Å². The van der Waals surface area contributed by atoms with Crippen LogP contribution in [0.4, 0.5) is 0 Å². The molecule has 0 aromatic heterocycles. The van der Waals surface area contributed by atoms with E-state index < -0.39 is 113 Å². The Morgan fingerprint density at radius 1 is 0.440 bits per heavy atom. The first kappa shape index (κ1) is 69.4. The largest absolute Gasteiger partial charge is 0.347 e. The van der Waals surface area contributed by atoms with Crippen molar-refractivity contribution in [2.75, 3.05) is 48.8 Å². The molecule has 0 aliphatic heterocycles. The zero-order chi connectivity index (χ0) is 58.7. The smallest absolute Gasteiger partial charge is 0.245 e. The van der Waals surface area contributed by atoms with Crippen molar-refractivity contribution in [2.45, 2.75) is 197 Å². The van der Waals surface area contributed by atoms with Crippen LogP contribution in [0.1, 0.15) is 143 Å². The predicted molar refractivity (Wildman–Crippen MR) is 289 cm³/mol. The van der Waals surface area contributed by atoms with Crippen molar-refractivity contribution < 1.29 is 52.7 Å². The Kier molecular flexibility index (Phi) is 29.7. The molecule has 4 N–H and O–H groups in total. The topological polar surface area (TPSA) is 255 Å². The quantitative estimate of drug-likeness (QED) is 0.0713. The van der Waals surface area contributed by atoms with Crippen LogP contribution >= 0.6 is 0 Å². The van der Waals surface area contributed by atoms with E-state index in [1.165, 1.54) is 85.4 Å². The van der Waals surface area contributed by atoms with Gasteiger partial charge in [0.15, 0.2) is 5.78 Å². The van der Waals surface area contributed by atoms with Crippen LogP contribution in [0.3, 0.4) is 0 Å². The minimum atomic E-state index is -1.20. The summed E-state index contributed by atoms with van der Waals surface area (Å²) in [6.45, 7) is 28.0. The molecule has 0 rings (SSSR count). The Bertz CT molecular complexity index is 1960. The van der Waals surface area contributed by atoms with E-state index in [-0.39, 0.29) is 61.2 Å². The zero-order valence-corrected chi connectivity index (χ0v) is 49.7. The van der Waals surface area contributed by atoms with Crippen LogP contribution in [-0.2, 0) is 52.7 Å². The number of likely N-dealkylation sites (N-methyl/N-ethyl adjacent to an activating group) is 6. The molecule has 21 heteroatoms. The number of rotatable bonds is 32. The van der Waals surface area contributed by atoms with Crippen molar-refractivity contribution in [3.8, 4) is 0 Å². The van der Waals surface area contributed by atoms with Crippen LogP contribution < -0.4 is 21.3 Å². The maximum absolute atomic E-state index is 14.4. The molecule has 9 unspecified atom stereocenters. The third kappa shape index (κ3) is 21.1. The normalized spacial score (nSPS) is 15.1. The second-order valence-corrected chi connectivity index (χ2v) is 22.8. The molecular formula is C54H98N10O11. The average Bonchev–Trinajstić information content (AvgIpc) is 3.31. The maximum Gasteiger partial charge on any atom is 0.245 e. The van der Waals surface area contributed by atoms with E-state index in [1.807, 2.05) is 69.2 Å². The van der Waals surface area contributed by atoms with Crippen molar-refractivity contribution in [2.24, 2.45) is 35.5 Å². The van der Waals surface area contributed by atoms with E-state index in [0.717, 1.165) is 0 Å². The number of hydrogen-bond acceptors (Lipinski definition) is 11. The van der Waals surface area contributed by atoms with Gasteiger partial charge in [-0.05, 0) is 88.4 Å². The molecule has 0 aromatic rings. The maximum atomic E-state index is 14.4. The SMILES string of the molecule is CCC(NC=O)C(=O)N(C)CC(=O)N(C)C(CC(C)C)C(=O)NC(C(=O)N(C)C(CC(C)C)C(=O)NC(C)C(=O)NC(C)C(=O)N(C)C(CC(C)C)C(=O)N(C)C(CC(C)C)C(=O)N(C)C(C(C)=O)C(C)C)C(C)C. The van der Waals surface area contributed by atoms with E-state index in [1.54, 1.807) is 27.8 Å². The van der Waals surface area contributed by atoms with E-state index in [9.17, 15) is 52.7 Å². The first-order valence-corrected chi connectivity index (χ1v) is 26.7. The Morgan fingerprint density at radius 2 is 0.827 bits per heavy atom. The van der Waals surface area contributed by atoms with Crippen molar-refractivity contribution in [3.05, 3.63) is 0 Å². The van der Waals surface area contributed by atoms with Crippen LogP contribution in [0, 0.1) is 35.5 Å². The Labute approximate surface area is 449 Å². The van der Waals surface area contributed by atoms with Crippen LogP contribution in [-0.4, -0.2) is 198 Å². The Morgan fingerprint density at radius 3 is 1.23 bits per heavy atom. The summed E-state index contributed by atoms with van der Waals surface area (Å²) in [5.41, 5.74) is 0. The summed E-state index contributed by atoms with van der Waals surface area (Å²) in [6.07, 6.45) is 1.66. The van der Waals surface area contributed by atoms with Gasteiger partial charge in [-0.15, -0.1) is 0 Å². The van der Waals surface area contributed by atoms with Crippen molar-refractivity contribution in [1.82, 2.24) is 50.7 Å². The Hall–Kier alpha value is -5.63. The molecular weight excluding hydrogens is 965 g/mol. The van der Waals surface area contributed by atoms with Gasteiger partial charge in [0, 0.05) is 42.3 Å². The molecule has 0 radical (unpaired) electrons. The van der Waals surface area contributed by atoms with Crippen molar-refractivity contribution >= 4 is 65.4 Å². The third-order valence-electron chi connectivity index (χ3n) is 13.5. The molecule has 0 spiro atoms. The lowest BCUT2D eigenvalue weighted by Crippen LogP contribution is -2.61. The van der Waals surface area contributed by atoms with Gasteiger partial charge in [0.25, 0.3) is 0 Å². The lowest BCUT2D eigenvalue weighted by Gasteiger charge is -2.39. The molecule has 430 valence electrons. The number of ketones is 1. The Balaban J connectivity index is 6.47. The van der Waals surface area contributed by atoms with Gasteiger partial charge in [0.2, 0.25) is 59.6 Å². The van der Waals surface area contributed by atoms with Crippen molar-refractivity contribution in [3.63, 3.8) is 0 Å². The molecule has 0 saturated heterocycles. The summed E-state index contributed by atoms with van der Waals surface area (Å²) in [5, 5.41) is 10.6. The summed E-state index contributed by atoms with van der Waals surface area (Å²) in [6, 6.07) is -9.13. The van der Waals surface area contributed by atoms with E-state index >= 15 is 0 Å². The van der Waals surface area contributed by atoms with Crippen molar-refractivity contribution in [1.29, 1.82) is 0 Å². The van der Waals surface area contributed by atoms with Crippen LogP contribution in [0.5, 0.6) is 0 Å². The highest BCUT2D eigenvalue weighted by atomic mass is 16.2. The highest BCUT2D eigenvalue weighted by Crippen LogP contribution is 2.23. The number of nitrogens with one attached hydrogen (secondary N) is 4. The van der Waals surface area contributed by atoms with Gasteiger partial charge in [-0.3, -0.25) is 52.7 Å². The second-order valence-electron chi connectivity index (χ2n) is 22.8. The second kappa shape index (κ2) is 32.1. The van der Waals surface area contributed by atoms with Gasteiger partial charge < -0.3 is 50.7 Å². The van der Waals surface area contributed by atoms with Gasteiger partial charge >= 0.3 is 0 Å². The molecule has 0 aromatic carbocycles. The number of carbonyl (C=O) groups excluding carboxylic acids is 11. The molecule has 0 heterocycles. The van der Waals surface area contributed by atoms with E-state index in [2.05, 4.69) is 21.3 Å². The fourth-order valence-electron chi connectivity index (χ4n) is 9.12. The molecule has 75 heavy (non-hydrogen) atoms. The molecule has 21 nitrogen and oxygen atoms in total. The predicted octanol–water partition coefficient (Wildman–Crippen LogP) is 2.68. The van der Waals surface area contributed by atoms with E-state index in [4.69, 9.17) is 0 Å². The highest BCUT2D eigenvalue weighted by Gasteiger charge is 2.41. The first-order valence-electron chi connectivity index (χ1n) is 26.7. The standard InChI is InChI=1S/C54H98N10O11/c1-23-39(55-29-65)51(72)59(17)28-44(67)60(18)40(24-30(2)3)49(70)58-45(34(10)11)54(75)61(19)41(25-31(4)5)48(69)56-36(14)47(68)57-37(15)50(71)62(20)42(26-32(6)7)52(73)63(21)43(27-33(8)9)53(74)64(22)46(35(12)13)38(16)66/h29-37,39-43,45-46H,23-28H2,1-22H3,(H,55,65)(H,56,69)(H,57,68)(H,58,70). The number of carbonyl (C=O) groups is 11. The molecule has 0 aliphatic rings. The van der Waals surface area contributed by atoms with Gasteiger partial charge in [-0.2, -0.15) is 0 Å². The molecule has 0 aliphatic carbocycles. The van der Waals surface area contributed by atoms with E-state index in [0.29, 0.717) is 19.3 Å². The number of Topliss-reactive ketones (excluding diaryl/α,β-unsaturated/α-hetero) is 1. The van der Waals surface area contributed by atoms with Crippen LogP contribution in [0.2, 0.25) is 0 Å². The monoisotopic (exact) mass is 1060 g/mol. The molecule has 9 atom stereocenters. The minimum absolute atomic E-state index is 0.00177. The molecule has 0 saturated carbocycles. The van der Waals surface area contributed by atoms with Gasteiger partial charge in [-0.1, -0.05) is 90.0 Å². The zero-order valence-electron chi connectivity index (χ0n) is 49.7. The fraction of sp³-hybridized carbons (Fsp3) is 0.796. The molecule has 10 amide bonds. The lowest BCUT2D eigenvalue weighted by atomic mass is 9.95. The minimum Gasteiger partial charge on any atom is -0.347 e. The number of amides is 10. The summed E-state index contributed by atoms with van der Waals surface area (Å²) in [7, 11) is 8.87. The summed E-state index contributed by atoms with van der Waals surface area (Å²) < 4.78 is 0. The van der Waals surface area contributed by atoms with Gasteiger partial charge in [0.1, 0.15) is 48.3 Å². The summed E-state index contributed by atoms with van der Waals surface area (Å²) in [4.78, 5) is 157. The lowest BCUT2D eigenvalue weighted by molar-refractivity contribution is -0.153. The third-order valence-corrected chi connectivity index (χ3v) is 13.5. The van der Waals surface area contributed by atoms with Gasteiger partial charge in [-0.25, -0.2) is 0 Å². The fourth-order valence-corrected chi connectivity index (χ4v) is 9.12. The summed E-state index contributed by atoms with van der Waals surface area (Å²) in [5.74, 6) is -6.13. The summed E-state index contributed by atoms with van der Waals surface area (Å²) >= 11 is 0. The molecule has 0 fully saturated rings. The number of hydrogen-bond donors (Lipinski definition) is 4.